The molecule has 0 heterocycles. The van der Waals surface area contributed by atoms with E-state index < -0.39 is 0 Å². The van der Waals surface area contributed by atoms with Crippen molar-refractivity contribution in [3.63, 3.8) is 0 Å². The Morgan fingerprint density at radius 2 is 1.90 bits per heavy atom. The standard InChI is InChI=1S/C17H26N2O/c1-13(11-18)12-19-17(20)16-9-7-15(8-10-16)14-5-3-2-4-6-14/h7-10,13-14H,2-6,11-12,18H2,1H3,(H,19,20). The lowest BCUT2D eigenvalue weighted by Gasteiger charge is -2.22. The quantitative estimate of drug-likeness (QED) is 0.867. The topological polar surface area (TPSA) is 55.1 Å². The van der Waals surface area contributed by atoms with Crippen LogP contribution in [0.25, 0.3) is 0 Å². The highest BCUT2D eigenvalue weighted by Crippen LogP contribution is 2.32. The van der Waals surface area contributed by atoms with Crippen molar-refractivity contribution in [2.45, 2.75) is 44.9 Å². The van der Waals surface area contributed by atoms with Crippen LogP contribution in [-0.4, -0.2) is 19.0 Å². The summed E-state index contributed by atoms with van der Waals surface area (Å²) in [5.41, 5.74) is 7.68. The molecule has 1 aromatic carbocycles. The smallest absolute Gasteiger partial charge is 0.251 e. The zero-order valence-corrected chi connectivity index (χ0v) is 12.4. The molecule has 0 aliphatic heterocycles. The van der Waals surface area contributed by atoms with Crippen LogP contribution in [0, 0.1) is 5.92 Å². The summed E-state index contributed by atoms with van der Waals surface area (Å²) in [6.07, 6.45) is 6.63. The first-order valence-electron chi connectivity index (χ1n) is 7.79. The van der Waals surface area contributed by atoms with E-state index >= 15 is 0 Å². The van der Waals surface area contributed by atoms with Gasteiger partial charge in [0, 0.05) is 12.1 Å². The monoisotopic (exact) mass is 274 g/mol. The maximum atomic E-state index is 12.0. The van der Waals surface area contributed by atoms with Gasteiger partial charge >= 0.3 is 0 Å². The van der Waals surface area contributed by atoms with Crippen LogP contribution in [0.15, 0.2) is 24.3 Å². The van der Waals surface area contributed by atoms with Crippen LogP contribution in [0.1, 0.15) is 60.9 Å². The molecule has 3 nitrogen and oxygen atoms in total. The lowest BCUT2D eigenvalue weighted by atomic mass is 9.84. The zero-order chi connectivity index (χ0) is 14.4. The zero-order valence-electron chi connectivity index (χ0n) is 12.4. The Bertz CT molecular complexity index is 421. The third-order valence-corrected chi connectivity index (χ3v) is 4.26. The van der Waals surface area contributed by atoms with Gasteiger partial charge in [-0.05, 0) is 48.9 Å². The predicted octanol–water partition coefficient (Wildman–Crippen LogP) is 3.06. The van der Waals surface area contributed by atoms with Gasteiger partial charge in [-0.15, -0.1) is 0 Å². The van der Waals surface area contributed by atoms with E-state index in [0.717, 1.165) is 5.56 Å². The van der Waals surface area contributed by atoms with Gasteiger partial charge in [0.15, 0.2) is 0 Å². The Kier molecular flexibility index (Phi) is 5.60. The molecular weight excluding hydrogens is 248 g/mol. The molecule has 3 N–H and O–H groups in total. The number of nitrogens with two attached hydrogens (primary N) is 1. The lowest BCUT2D eigenvalue weighted by molar-refractivity contribution is 0.0948. The van der Waals surface area contributed by atoms with Crippen LogP contribution < -0.4 is 11.1 Å². The molecule has 2 rings (SSSR count). The van der Waals surface area contributed by atoms with Gasteiger partial charge in [-0.25, -0.2) is 0 Å². The first-order valence-corrected chi connectivity index (χ1v) is 7.79. The van der Waals surface area contributed by atoms with Gasteiger partial charge in [0.25, 0.3) is 5.91 Å². The molecule has 0 saturated heterocycles. The molecule has 0 radical (unpaired) electrons. The average molecular weight is 274 g/mol. The van der Waals surface area contributed by atoms with E-state index in [2.05, 4.69) is 17.4 Å². The molecular formula is C17H26N2O. The molecule has 1 aromatic rings. The Labute approximate surface area is 121 Å². The van der Waals surface area contributed by atoms with Crippen LogP contribution >= 0.6 is 0 Å². The number of carbonyl (C=O) groups excluding carboxylic acids is 1. The van der Waals surface area contributed by atoms with Crippen LogP contribution in [0.4, 0.5) is 0 Å². The second-order valence-corrected chi connectivity index (χ2v) is 6.01. The number of benzene rings is 1. The van der Waals surface area contributed by atoms with Gasteiger partial charge in [0.2, 0.25) is 0 Å². The van der Waals surface area contributed by atoms with E-state index in [9.17, 15) is 4.79 Å². The fraction of sp³-hybridized carbons (Fsp3) is 0.588. The van der Waals surface area contributed by atoms with Crippen molar-refractivity contribution >= 4 is 5.91 Å². The summed E-state index contributed by atoms with van der Waals surface area (Å²) in [7, 11) is 0. The number of hydrogen-bond acceptors (Lipinski definition) is 2. The molecule has 0 spiro atoms. The SMILES string of the molecule is CC(CN)CNC(=O)c1ccc(C2CCCCC2)cc1. The molecule has 0 aromatic heterocycles. The largest absolute Gasteiger partial charge is 0.352 e. The molecule has 1 amide bonds. The van der Waals surface area contributed by atoms with Gasteiger partial charge in [-0.2, -0.15) is 0 Å². The highest BCUT2D eigenvalue weighted by molar-refractivity contribution is 5.94. The first kappa shape index (κ1) is 15.0. The normalized spacial score (nSPS) is 17.7. The highest BCUT2D eigenvalue weighted by Gasteiger charge is 2.15. The van der Waals surface area contributed by atoms with Crippen LogP contribution in [0.3, 0.4) is 0 Å². The fourth-order valence-corrected chi connectivity index (χ4v) is 2.79. The van der Waals surface area contributed by atoms with Crippen molar-refractivity contribution in [2.24, 2.45) is 11.7 Å². The van der Waals surface area contributed by atoms with Crippen molar-refractivity contribution < 1.29 is 4.79 Å². The van der Waals surface area contributed by atoms with E-state index in [1.165, 1.54) is 37.7 Å². The van der Waals surface area contributed by atoms with Crippen molar-refractivity contribution in [2.75, 3.05) is 13.1 Å². The maximum absolute atomic E-state index is 12.0. The summed E-state index contributed by atoms with van der Waals surface area (Å²) >= 11 is 0. The van der Waals surface area contributed by atoms with Crippen molar-refractivity contribution in [3.8, 4) is 0 Å². The Morgan fingerprint density at radius 3 is 2.50 bits per heavy atom. The van der Waals surface area contributed by atoms with Crippen LogP contribution in [0.5, 0.6) is 0 Å². The molecule has 1 saturated carbocycles. The molecule has 110 valence electrons. The van der Waals surface area contributed by atoms with Crippen LogP contribution in [0.2, 0.25) is 0 Å². The fourth-order valence-electron chi connectivity index (χ4n) is 2.79. The summed E-state index contributed by atoms with van der Waals surface area (Å²) in [5.74, 6) is 1.01. The van der Waals surface area contributed by atoms with Crippen molar-refractivity contribution in [1.29, 1.82) is 0 Å². The van der Waals surface area contributed by atoms with Gasteiger partial charge in [0.05, 0.1) is 0 Å². The lowest BCUT2D eigenvalue weighted by Crippen LogP contribution is -2.31. The summed E-state index contributed by atoms with van der Waals surface area (Å²) < 4.78 is 0. The Balaban J connectivity index is 1.91. The molecule has 1 fully saturated rings. The summed E-state index contributed by atoms with van der Waals surface area (Å²) in [4.78, 5) is 12.0. The number of nitrogens with one attached hydrogen (secondary N) is 1. The number of rotatable bonds is 5. The van der Waals surface area contributed by atoms with E-state index in [0.29, 0.717) is 24.9 Å². The Morgan fingerprint density at radius 1 is 1.25 bits per heavy atom. The van der Waals surface area contributed by atoms with Crippen molar-refractivity contribution in [1.82, 2.24) is 5.32 Å². The molecule has 1 aliphatic rings. The maximum Gasteiger partial charge on any atom is 0.251 e. The highest BCUT2D eigenvalue weighted by atomic mass is 16.1. The molecule has 20 heavy (non-hydrogen) atoms. The van der Waals surface area contributed by atoms with E-state index in [1.54, 1.807) is 0 Å². The van der Waals surface area contributed by atoms with Gasteiger partial charge in [0.1, 0.15) is 0 Å². The molecule has 1 atom stereocenters. The molecule has 0 bridgehead atoms. The third kappa shape index (κ3) is 4.07. The summed E-state index contributed by atoms with van der Waals surface area (Å²) in [5, 5.41) is 2.93. The number of amides is 1. The van der Waals surface area contributed by atoms with Gasteiger partial charge < -0.3 is 11.1 Å². The van der Waals surface area contributed by atoms with Crippen LogP contribution in [-0.2, 0) is 0 Å². The second-order valence-electron chi connectivity index (χ2n) is 6.01. The molecule has 1 aliphatic carbocycles. The first-order chi connectivity index (χ1) is 9.70. The Hall–Kier alpha value is -1.35. The minimum atomic E-state index is 0.000458. The van der Waals surface area contributed by atoms with E-state index in [4.69, 9.17) is 5.73 Å². The van der Waals surface area contributed by atoms with Gasteiger partial charge in [-0.1, -0.05) is 38.3 Å². The van der Waals surface area contributed by atoms with E-state index in [-0.39, 0.29) is 5.91 Å². The number of carbonyl (C=O) groups is 1. The van der Waals surface area contributed by atoms with E-state index in [1.807, 2.05) is 19.1 Å². The minimum absolute atomic E-state index is 0.000458. The molecule has 1 unspecified atom stereocenters. The third-order valence-electron chi connectivity index (χ3n) is 4.26. The molecule has 3 heteroatoms. The summed E-state index contributed by atoms with van der Waals surface area (Å²) in [6.45, 7) is 3.27. The summed E-state index contributed by atoms with van der Waals surface area (Å²) in [6, 6.07) is 8.15. The second kappa shape index (κ2) is 7.44. The van der Waals surface area contributed by atoms with Gasteiger partial charge in [-0.3, -0.25) is 4.79 Å². The van der Waals surface area contributed by atoms with Crippen molar-refractivity contribution in [3.05, 3.63) is 35.4 Å². The average Bonchev–Trinajstić information content (AvgIpc) is 2.53. The predicted molar refractivity (Wildman–Crippen MR) is 82.8 cm³/mol. The number of hydrogen-bond donors (Lipinski definition) is 2. The minimum Gasteiger partial charge on any atom is -0.352 e.